The van der Waals surface area contributed by atoms with Crippen molar-refractivity contribution in [2.75, 3.05) is 24.7 Å². The van der Waals surface area contributed by atoms with E-state index in [0.717, 1.165) is 5.69 Å². The van der Waals surface area contributed by atoms with E-state index in [-0.39, 0.29) is 11.9 Å². The minimum Gasteiger partial charge on any atom is -0.349 e. The van der Waals surface area contributed by atoms with Gasteiger partial charge in [-0.2, -0.15) is 0 Å². The largest absolute Gasteiger partial charge is 0.349 e. The molecule has 138 valence electrons. The second kappa shape index (κ2) is 7.79. The Hall–Kier alpha value is -2.52. The molecular formula is C17H21N5O3S. The first-order chi connectivity index (χ1) is 12.4. The zero-order valence-electron chi connectivity index (χ0n) is 14.4. The van der Waals surface area contributed by atoms with Crippen molar-refractivity contribution in [1.82, 2.24) is 19.6 Å². The number of sulfonamides is 1. The molecule has 0 radical (unpaired) electrons. The summed E-state index contributed by atoms with van der Waals surface area (Å²) in [6.07, 6.45) is 5.69. The van der Waals surface area contributed by atoms with Crippen molar-refractivity contribution in [3.63, 3.8) is 0 Å². The van der Waals surface area contributed by atoms with Crippen molar-refractivity contribution in [3.8, 4) is 0 Å². The summed E-state index contributed by atoms with van der Waals surface area (Å²) in [4.78, 5) is 20.7. The number of nitrogens with one attached hydrogen (secondary N) is 2. The normalized spacial score (nSPS) is 16.2. The molecule has 1 amide bonds. The van der Waals surface area contributed by atoms with Crippen LogP contribution in [0.2, 0.25) is 0 Å². The Morgan fingerprint density at radius 2 is 1.85 bits per heavy atom. The smallest absolute Gasteiger partial charge is 0.251 e. The molecule has 1 fully saturated rings. The first kappa shape index (κ1) is 18.3. The van der Waals surface area contributed by atoms with Crippen molar-refractivity contribution in [2.24, 2.45) is 0 Å². The quantitative estimate of drug-likeness (QED) is 0.818. The standard InChI is InChI=1S/C17H21N5O3S/c1-26(24,25)22-10-6-14(7-11-22)20-16(23)13-4-2-5-15(12-13)21-17-18-8-3-9-19-17/h2-5,8-9,12,14H,6-7,10-11H2,1H3,(H,20,23)(H,18,19,21). The lowest BCUT2D eigenvalue weighted by Gasteiger charge is -2.30. The van der Waals surface area contributed by atoms with Gasteiger partial charge in [0.15, 0.2) is 0 Å². The van der Waals surface area contributed by atoms with Gasteiger partial charge < -0.3 is 10.6 Å². The highest BCUT2D eigenvalue weighted by Gasteiger charge is 2.25. The molecule has 1 aliphatic heterocycles. The van der Waals surface area contributed by atoms with Gasteiger partial charge in [-0.15, -0.1) is 0 Å². The number of piperidine rings is 1. The Bertz CT molecular complexity index is 865. The van der Waals surface area contributed by atoms with Crippen LogP contribution in [-0.4, -0.2) is 54.0 Å². The maximum atomic E-state index is 12.5. The SMILES string of the molecule is CS(=O)(=O)N1CCC(NC(=O)c2cccc(Nc3ncccn3)c2)CC1. The Kier molecular flexibility index (Phi) is 5.48. The Labute approximate surface area is 152 Å². The van der Waals surface area contributed by atoms with E-state index in [1.54, 1.807) is 36.7 Å². The van der Waals surface area contributed by atoms with Crippen LogP contribution >= 0.6 is 0 Å². The van der Waals surface area contributed by atoms with E-state index < -0.39 is 10.0 Å². The first-order valence-corrected chi connectivity index (χ1v) is 10.2. The number of carbonyl (C=O) groups is 1. The maximum Gasteiger partial charge on any atom is 0.251 e. The fraction of sp³-hybridized carbons (Fsp3) is 0.353. The van der Waals surface area contributed by atoms with Crippen LogP contribution in [0.1, 0.15) is 23.2 Å². The van der Waals surface area contributed by atoms with E-state index in [1.807, 2.05) is 6.07 Å². The Balaban J connectivity index is 1.59. The number of anilines is 2. The lowest BCUT2D eigenvalue weighted by Crippen LogP contribution is -2.46. The molecule has 0 saturated carbocycles. The molecule has 1 aliphatic rings. The average molecular weight is 375 g/mol. The van der Waals surface area contributed by atoms with E-state index >= 15 is 0 Å². The van der Waals surface area contributed by atoms with Crippen LogP contribution in [-0.2, 0) is 10.0 Å². The van der Waals surface area contributed by atoms with E-state index in [0.29, 0.717) is 37.4 Å². The number of benzene rings is 1. The molecule has 2 N–H and O–H groups in total. The third-order valence-corrected chi connectivity index (χ3v) is 5.51. The van der Waals surface area contributed by atoms with Crippen molar-refractivity contribution in [3.05, 3.63) is 48.3 Å². The second-order valence-corrected chi connectivity index (χ2v) is 8.17. The third-order valence-electron chi connectivity index (χ3n) is 4.20. The summed E-state index contributed by atoms with van der Waals surface area (Å²) < 4.78 is 24.5. The number of hydrogen-bond donors (Lipinski definition) is 2. The minimum atomic E-state index is -3.16. The lowest BCUT2D eigenvalue weighted by atomic mass is 10.1. The molecule has 0 aliphatic carbocycles. The van der Waals surface area contributed by atoms with Crippen molar-refractivity contribution in [2.45, 2.75) is 18.9 Å². The van der Waals surface area contributed by atoms with Crippen LogP contribution in [0.5, 0.6) is 0 Å². The maximum absolute atomic E-state index is 12.5. The molecule has 8 nitrogen and oxygen atoms in total. The number of carbonyl (C=O) groups excluding carboxylic acids is 1. The molecular weight excluding hydrogens is 354 g/mol. The number of rotatable bonds is 5. The average Bonchev–Trinajstić information content (AvgIpc) is 2.62. The Morgan fingerprint density at radius 1 is 1.15 bits per heavy atom. The molecule has 0 atom stereocenters. The van der Waals surface area contributed by atoms with Gasteiger partial charge in [0.25, 0.3) is 5.91 Å². The molecule has 3 rings (SSSR count). The summed E-state index contributed by atoms with van der Waals surface area (Å²) in [7, 11) is -3.16. The van der Waals surface area contributed by atoms with Crippen LogP contribution in [0.25, 0.3) is 0 Å². The molecule has 1 aromatic heterocycles. The molecule has 1 aromatic carbocycles. The van der Waals surface area contributed by atoms with E-state index in [2.05, 4.69) is 20.6 Å². The fourth-order valence-corrected chi connectivity index (χ4v) is 3.71. The zero-order chi connectivity index (χ0) is 18.6. The fourth-order valence-electron chi connectivity index (χ4n) is 2.83. The number of aromatic nitrogens is 2. The zero-order valence-corrected chi connectivity index (χ0v) is 15.2. The summed E-state index contributed by atoms with van der Waals surface area (Å²) in [5, 5.41) is 6.03. The predicted octanol–water partition coefficient (Wildman–Crippen LogP) is 1.37. The van der Waals surface area contributed by atoms with Gasteiger partial charge >= 0.3 is 0 Å². The predicted molar refractivity (Wildman–Crippen MR) is 98.7 cm³/mol. The topological polar surface area (TPSA) is 104 Å². The van der Waals surface area contributed by atoms with Gasteiger partial charge in [0.05, 0.1) is 6.26 Å². The van der Waals surface area contributed by atoms with Gasteiger partial charge in [0, 0.05) is 42.8 Å². The van der Waals surface area contributed by atoms with E-state index in [9.17, 15) is 13.2 Å². The first-order valence-electron chi connectivity index (χ1n) is 8.32. The van der Waals surface area contributed by atoms with Crippen molar-refractivity contribution in [1.29, 1.82) is 0 Å². The highest BCUT2D eigenvalue weighted by atomic mass is 32.2. The van der Waals surface area contributed by atoms with Gasteiger partial charge in [0.2, 0.25) is 16.0 Å². The number of nitrogens with zero attached hydrogens (tertiary/aromatic N) is 3. The van der Waals surface area contributed by atoms with Gasteiger partial charge in [-0.3, -0.25) is 4.79 Å². The molecule has 2 aromatic rings. The molecule has 0 unspecified atom stereocenters. The minimum absolute atomic E-state index is 0.0328. The summed E-state index contributed by atoms with van der Waals surface area (Å²) in [5.41, 5.74) is 1.24. The second-order valence-electron chi connectivity index (χ2n) is 6.19. The molecule has 26 heavy (non-hydrogen) atoms. The molecule has 1 saturated heterocycles. The molecule has 9 heteroatoms. The summed E-state index contributed by atoms with van der Waals surface area (Å²) in [6.45, 7) is 0.855. The van der Waals surface area contributed by atoms with Crippen molar-refractivity contribution < 1.29 is 13.2 Å². The molecule has 2 heterocycles. The molecule has 0 spiro atoms. The van der Waals surface area contributed by atoms with Crippen LogP contribution in [0.15, 0.2) is 42.7 Å². The van der Waals surface area contributed by atoms with Crippen LogP contribution < -0.4 is 10.6 Å². The summed E-state index contributed by atoms with van der Waals surface area (Å²) >= 11 is 0. The van der Waals surface area contributed by atoms with Gasteiger partial charge in [-0.1, -0.05) is 6.07 Å². The van der Waals surface area contributed by atoms with Crippen LogP contribution in [0.4, 0.5) is 11.6 Å². The molecule has 0 bridgehead atoms. The van der Waals surface area contributed by atoms with E-state index in [1.165, 1.54) is 10.6 Å². The van der Waals surface area contributed by atoms with Gasteiger partial charge in [-0.05, 0) is 37.1 Å². The number of amides is 1. The third kappa shape index (κ3) is 4.77. The van der Waals surface area contributed by atoms with Crippen LogP contribution in [0.3, 0.4) is 0 Å². The van der Waals surface area contributed by atoms with E-state index in [4.69, 9.17) is 0 Å². The lowest BCUT2D eigenvalue weighted by molar-refractivity contribution is 0.0924. The van der Waals surface area contributed by atoms with Gasteiger partial charge in [-0.25, -0.2) is 22.7 Å². The summed E-state index contributed by atoms with van der Waals surface area (Å²) in [5.74, 6) is 0.277. The highest BCUT2D eigenvalue weighted by molar-refractivity contribution is 7.88. The van der Waals surface area contributed by atoms with Crippen molar-refractivity contribution >= 4 is 27.6 Å². The van der Waals surface area contributed by atoms with Crippen LogP contribution in [0, 0.1) is 0 Å². The van der Waals surface area contributed by atoms with Gasteiger partial charge in [0.1, 0.15) is 0 Å². The number of hydrogen-bond acceptors (Lipinski definition) is 6. The summed E-state index contributed by atoms with van der Waals surface area (Å²) in [6, 6.07) is 8.78. The Morgan fingerprint density at radius 3 is 2.50 bits per heavy atom. The monoisotopic (exact) mass is 375 g/mol. The highest BCUT2D eigenvalue weighted by Crippen LogP contribution is 2.16.